The predicted molar refractivity (Wildman–Crippen MR) is 20.1 cm³/mol. The first kappa shape index (κ1) is 3.81. The van der Waals surface area contributed by atoms with Gasteiger partial charge in [-0.05, 0) is 0 Å². The molecule has 6 heavy (non-hydrogen) atoms. The Morgan fingerprint density at radius 3 is 2.83 bits per heavy atom. The molecule has 0 aromatic heterocycles. The van der Waals surface area contributed by atoms with E-state index in [-0.39, 0.29) is 5.78 Å². The Labute approximate surface area is 36.1 Å². The van der Waals surface area contributed by atoms with Crippen LogP contribution in [-0.2, 0) is 9.53 Å². The van der Waals surface area contributed by atoms with Crippen LogP contribution >= 0.6 is 0 Å². The molecule has 0 spiro atoms. The molecule has 1 radical (unpaired) electrons. The maximum absolute atomic E-state index is 10.1. The van der Waals surface area contributed by atoms with E-state index < -0.39 is 0 Å². The average molecular weight is 85.1 g/mol. The Morgan fingerprint density at radius 2 is 2.67 bits per heavy atom. The van der Waals surface area contributed by atoms with Crippen LogP contribution in [0.5, 0.6) is 0 Å². The summed E-state index contributed by atoms with van der Waals surface area (Å²) in [5.74, 6) is 0.106. The number of rotatable bonds is 0. The Hall–Kier alpha value is -0.370. The van der Waals surface area contributed by atoms with E-state index in [9.17, 15) is 4.79 Å². The summed E-state index contributed by atoms with van der Waals surface area (Å²) in [6.45, 7) is 0.804. The minimum absolute atomic E-state index is 0.106. The molecular weight excluding hydrogens is 80.0 g/mol. The zero-order chi connectivity index (χ0) is 4.41. The fourth-order valence-electron chi connectivity index (χ4n) is 0.370. The van der Waals surface area contributed by atoms with Crippen LogP contribution in [0, 0.1) is 6.42 Å². The Kier molecular flexibility index (Phi) is 0.881. The van der Waals surface area contributed by atoms with E-state index in [2.05, 4.69) is 4.74 Å². The maximum atomic E-state index is 10.1. The number of Topliss-reactive ketones (excluding diaryl/α,β-unsaturated/α-hetero) is 1. The lowest BCUT2D eigenvalue weighted by molar-refractivity contribution is -0.115. The minimum Gasteiger partial charge on any atom is -0.373 e. The third kappa shape index (κ3) is 0.571. The zero-order valence-corrected chi connectivity index (χ0v) is 3.31. The predicted octanol–water partition coefficient (Wildman–Crippen LogP) is -0.210. The normalized spacial score (nSPS) is 22.3. The molecule has 1 rings (SSSR count). The van der Waals surface area contributed by atoms with Gasteiger partial charge in [0, 0.05) is 0 Å². The van der Waals surface area contributed by atoms with Gasteiger partial charge in [-0.25, -0.2) is 0 Å². The molecule has 2 heteroatoms. The van der Waals surface area contributed by atoms with Crippen LogP contribution in [0.4, 0.5) is 0 Å². The first-order chi connectivity index (χ1) is 2.89. The van der Waals surface area contributed by atoms with E-state index >= 15 is 0 Å². The lowest BCUT2D eigenvalue weighted by Gasteiger charge is -1.75. The van der Waals surface area contributed by atoms with Gasteiger partial charge in [-0.2, -0.15) is 0 Å². The monoisotopic (exact) mass is 85.0 g/mol. The molecule has 0 unspecified atom stereocenters. The van der Waals surface area contributed by atoms with Crippen LogP contribution in [0.3, 0.4) is 0 Å². The van der Waals surface area contributed by atoms with Crippen molar-refractivity contribution in [3.8, 4) is 0 Å². The van der Waals surface area contributed by atoms with Crippen molar-refractivity contribution in [3.63, 3.8) is 0 Å². The number of carbonyl (C=O) groups excluding carboxylic acids is 1. The van der Waals surface area contributed by atoms with Crippen LogP contribution in [-0.4, -0.2) is 19.0 Å². The first-order valence-electron chi connectivity index (χ1n) is 1.83. The van der Waals surface area contributed by atoms with Crippen molar-refractivity contribution in [3.05, 3.63) is 6.42 Å². The van der Waals surface area contributed by atoms with Gasteiger partial charge in [0.1, 0.15) is 6.61 Å². The molecule has 1 fully saturated rings. The van der Waals surface area contributed by atoms with Crippen molar-refractivity contribution in [1.82, 2.24) is 0 Å². The molecule has 0 aromatic carbocycles. The molecule has 2 nitrogen and oxygen atoms in total. The van der Waals surface area contributed by atoms with Crippen molar-refractivity contribution in [1.29, 1.82) is 0 Å². The third-order valence-corrected chi connectivity index (χ3v) is 0.673. The van der Waals surface area contributed by atoms with Crippen LogP contribution in [0.1, 0.15) is 0 Å². The fraction of sp³-hybridized carbons (Fsp3) is 0.500. The summed E-state index contributed by atoms with van der Waals surface area (Å²) in [4.78, 5) is 10.1. The Balaban J connectivity index is 2.37. The summed E-state index contributed by atoms with van der Waals surface area (Å²) in [6, 6.07) is 0. The molecule has 0 N–H and O–H groups in total. The topological polar surface area (TPSA) is 26.3 Å². The van der Waals surface area contributed by atoms with Crippen LogP contribution in [0.2, 0.25) is 0 Å². The third-order valence-electron chi connectivity index (χ3n) is 0.673. The average Bonchev–Trinajstić information content (AvgIpc) is 1.86. The lowest BCUT2D eigenvalue weighted by Crippen LogP contribution is -1.92. The second-order valence-electron chi connectivity index (χ2n) is 1.19. The van der Waals surface area contributed by atoms with E-state index in [4.69, 9.17) is 0 Å². The number of hydrogen-bond donors (Lipinski definition) is 0. The summed E-state index contributed by atoms with van der Waals surface area (Å²) in [7, 11) is 0. The quantitative estimate of drug-likeness (QED) is 0.407. The number of hydrogen-bond acceptors (Lipinski definition) is 2. The highest BCUT2D eigenvalue weighted by molar-refractivity contribution is 5.89. The summed E-state index contributed by atoms with van der Waals surface area (Å²) in [5.41, 5.74) is 0. The van der Waals surface area contributed by atoms with Gasteiger partial charge < -0.3 is 4.74 Å². The van der Waals surface area contributed by atoms with E-state index in [1.165, 1.54) is 0 Å². The van der Waals surface area contributed by atoms with Crippen molar-refractivity contribution < 1.29 is 9.53 Å². The summed E-state index contributed by atoms with van der Waals surface area (Å²) < 4.78 is 4.65. The van der Waals surface area contributed by atoms with Crippen molar-refractivity contribution in [2.24, 2.45) is 0 Å². The number of carbonyl (C=O) groups is 1. The molecule has 0 atom stereocenters. The molecule has 33 valence electrons. The van der Waals surface area contributed by atoms with E-state index in [0.717, 1.165) is 0 Å². The van der Waals surface area contributed by atoms with Gasteiger partial charge in [0.15, 0.2) is 5.78 Å². The van der Waals surface area contributed by atoms with Crippen LogP contribution < -0.4 is 0 Å². The van der Waals surface area contributed by atoms with Gasteiger partial charge in [-0.3, -0.25) is 4.79 Å². The van der Waals surface area contributed by atoms with E-state index in [0.29, 0.717) is 13.2 Å². The van der Waals surface area contributed by atoms with Gasteiger partial charge in [0.25, 0.3) is 0 Å². The van der Waals surface area contributed by atoms with Gasteiger partial charge in [-0.1, -0.05) is 0 Å². The molecule has 1 aliphatic rings. The summed E-state index contributed by atoms with van der Waals surface area (Å²) >= 11 is 0. The minimum atomic E-state index is 0.106. The number of ether oxygens (including phenoxy) is 1. The molecular formula is C4H5O2. The second kappa shape index (κ2) is 1.39. The molecule has 0 saturated carbocycles. The van der Waals surface area contributed by atoms with Gasteiger partial charge >= 0.3 is 0 Å². The molecule has 0 aromatic rings. The summed E-state index contributed by atoms with van der Waals surface area (Å²) in [6.07, 6.45) is 1.54. The van der Waals surface area contributed by atoms with Gasteiger partial charge in [0.05, 0.1) is 13.0 Å². The molecule has 0 amide bonds. The van der Waals surface area contributed by atoms with E-state index in [1.807, 2.05) is 0 Å². The SMILES string of the molecule is O=C1[CH]COC1. The Morgan fingerprint density at radius 1 is 1.83 bits per heavy atom. The van der Waals surface area contributed by atoms with Gasteiger partial charge in [0.2, 0.25) is 0 Å². The molecule has 0 bridgehead atoms. The largest absolute Gasteiger partial charge is 0.373 e. The van der Waals surface area contributed by atoms with E-state index in [1.54, 1.807) is 6.42 Å². The van der Waals surface area contributed by atoms with Crippen molar-refractivity contribution >= 4 is 5.78 Å². The Bertz CT molecular complexity index is 59.9. The highest BCUT2D eigenvalue weighted by Gasteiger charge is 2.08. The molecule has 1 heterocycles. The smallest absolute Gasteiger partial charge is 0.164 e. The summed E-state index contributed by atoms with van der Waals surface area (Å²) in [5, 5.41) is 0. The van der Waals surface area contributed by atoms with Gasteiger partial charge in [-0.15, -0.1) is 0 Å². The van der Waals surface area contributed by atoms with Crippen molar-refractivity contribution in [2.75, 3.05) is 13.2 Å². The van der Waals surface area contributed by atoms with Crippen LogP contribution in [0.15, 0.2) is 0 Å². The second-order valence-corrected chi connectivity index (χ2v) is 1.19. The highest BCUT2D eigenvalue weighted by Crippen LogP contribution is 1.92. The van der Waals surface area contributed by atoms with Crippen LogP contribution in [0.25, 0.3) is 0 Å². The van der Waals surface area contributed by atoms with Crippen molar-refractivity contribution in [2.45, 2.75) is 0 Å². The standard InChI is InChI=1S/C4H5O2/c5-4-1-2-6-3-4/h1H,2-3H2. The molecule has 0 aliphatic carbocycles. The first-order valence-corrected chi connectivity index (χ1v) is 1.83. The zero-order valence-electron chi connectivity index (χ0n) is 3.31. The fourth-order valence-corrected chi connectivity index (χ4v) is 0.370. The highest BCUT2D eigenvalue weighted by atomic mass is 16.5. The maximum Gasteiger partial charge on any atom is 0.164 e. The molecule has 1 aliphatic heterocycles. The lowest BCUT2D eigenvalue weighted by atomic mass is 10.4. The number of ketones is 1. The molecule has 1 saturated heterocycles.